The largest absolute Gasteiger partial charge is 0.493 e. The van der Waals surface area contributed by atoms with Crippen LogP contribution in [-0.2, 0) is 13.1 Å². The summed E-state index contributed by atoms with van der Waals surface area (Å²) in [4.78, 5) is 44.1. The second-order valence-electron chi connectivity index (χ2n) is 20.2. The van der Waals surface area contributed by atoms with Crippen LogP contribution in [-0.4, -0.2) is 120 Å². The molecule has 0 saturated carbocycles. The number of thiazole rings is 2. The quantitative estimate of drug-likeness (QED) is 0.0950. The molecule has 5 aliphatic heterocycles. The number of aromatic nitrogens is 2. The summed E-state index contributed by atoms with van der Waals surface area (Å²) in [5.41, 5.74) is 5.06. The van der Waals surface area contributed by atoms with E-state index in [0.29, 0.717) is 83.8 Å². The van der Waals surface area contributed by atoms with Crippen LogP contribution < -0.4 is 39.1 Å². The van der Waals surface area contributed by atoms with Crippen LogP contribution in [0.5, 0.6) is 34.5 Å². The van der Waals surface area contributed by atoms with Gasteiger partial charge in [0.1, 0.15) is 10.0 Å². The lowest BCUT2D eigenvalue weighted by Crippen LogP contribution is -2.51. The molecule has 2 unspecified atom stereocenters. The van der Waals surface area contributed by atoms with Gasteiger partial charge in [0.2, 0.25) is 23.1 Å². The number of rotatable bonds is 16. The minimum atomic E-state index is -0.813. The van der Waals surface area contributed by atoms with Crippen LogP contribution in [0.25, 0.3) is 22.5 Å². The summed E-state index contributed by atoms with van der Waals surface area (Å²) in [6.07, 6.45) is 4.43. The van der Waals surface area contributed by atoms with E-state index in [0.717, 1.165) is 90.9 Å². The van der Waals surface area contributed by atoms with Crippen molar-refractivity contribution >= 4 is 34.5 Å². The van der Waals surface area contributed by atoms with Gasteiger partial charge in [-0.25, -0.2) is 9.97 Å². The number of nitrogens with zero attached hydrogens (tertiary/aromatic N) is 5. The maximum atomic E-state index is 14.2. The van der Waals surface area contributed by atoms with Crippen LogP contribution >= 0.6 is 22.7 Å². The summed E-state index contributed by atoms with van der Waals surface area (Å²) in [6, 6.07) is 27.9. The molecule has 0 radical (unpaired) electrons. The van der Waals surface area contributed by atoms with Crippen molar-refractivity contribution in [3.8, 4) is 57.0 Å². The fraction of sp³-hybridized carbons (Fsp3) is 0.429. The molecule has 7 heterocycles. The van der Waals surface area contributed by atoms with E-state index in [4.69, 9.17) is 38.4 Å². The molecule has 0 aliphatic carbocycles. The highest BCUT2D eigenvalue weighted by atomic mass is 32.1. The Labute approximate surface area is 435 Å². The van der Waals surface area contributed by atoms with Crippen LogP contribution in [0.15, 0.2) is 95.7 Å². The predicted molar refractivity (Wildman–Crippen MR) is 283 cm³/mol. The van der Waals surface area contributed by atoms with E-state index in [1.807, 2.05) is 91.4 Å². The summed E-state index contributed by atoms with van der Waals surface area (Å²) in [7, 11) is 3.15. The van der Waals surface area contributed by atoms with Gasteiger partial charge in [-0.05, 0) is 69.0 Å². The van der Waals surface area contributed by atoms with Crippen molar-refractivity contribution in [2.24, 2.45) is 5.92 Å². The van der Waals surface area contributed by atoms with Gasteiger partial charge in [-0.2, -0.15) is 0 Å². The summed E-state index contributed by atoms with van der Waals surface area (Å²) in [5.74, 6) is 2.05. The van der Waals surface area contributed by atoms with Crippen molar-refractivity contribution < 1.29 is 38.0 Å². The number of amides is 2. The summed E-state index contributed by atoms with van der Waals surface area (Å²) < 4.78 is 34.8. The SMILES string of the molecule is COc1cc(C(=O)N(Cc2nc(-c3ccccc3)cs2)CC2CCCN2)cc2c1OC(C)(C)O2.COc1cc(C(=O)N(Cc2nc(-c3ccccc3)cs2)CC2CCCN2CC2CNC2)cc2c1OC(C)(C)O2. The first kappa shape index (κ1) is 50.3. The number of methoxy groups -OCH3 is 2. The first-order chi connectivity index (χ1) is 35.3. The molecule has 2 atom stereocenters. The number of hydrogen-bond donors (Lipinski definition) is 2. The molecule has 73 heavy (non-hydrogen) atoms. The predicted octanol–water partition coefficient (Wildman–Crippen LogP) is 9.37. The van der Waals surface area contributed by atoms with Crippen molar-refractivity contribution in [3.63, 3.8) is 0 Å². The van der Waals surface area contributed by atoms with E-state index in [2.05, 4.69) is 33.0 Å². The monoisotopic (exact) mass is 1030 g/mol. The minimum Gasteiger partial charge on any atom is -0.493 e. The molecule has 17 heteroatoms. The molecule has 15 nitrogen and oxygen atoms in total. The summed E-state index contributed by atoms with van der Waals surface area (Å²) >= 11 is 3.17. The van der Waals surface area contributed by atoms with E-state index < -0.39 is 11.6 Å². The van der Waals surface area contributed by atoms with Gasteiger partial charge in [0.15, 0.2) is 23.0 Å². The molecule has 0 bridgehead atoms. The summed E-state index contributed by atoms with van der Waals surface area (Å²) in [5, 5.41) is 12.8. The normalized spacial score (nSPS) is 19.2. The van der Waals surface area contributed by atoms with Gasteiger partial charge >= 0.3 is 0 Å². The highest BCUT2D eigenvalue weighted by molar-refractivity contribution is 7.10. The summed E-state index contributed by atoms with van der Waals surface area (Å²) in [6.45, 7) is 14.8. The van der Waals surface area contributed by atoms with Gasteiger partial charge in [0.05, 0.1) is 38.7 Å². The Bertz CT molecular complexity index is 2880. The van der Waals surface area contributed by atoms with Crippen LogP contribution in [0, 0.1) is 5.92 Å². The van der Waals surface area contributed by atoms with Gasteiger partial charge in [-0.1, -0.05) is 60.7 Å². The van der Waals surface area contributed by atoms with Crippen LogP contribution in [0.4, 0.5) is 0 Å². The zero-order chi connectivity index (χ0) is 50.7. The van der Waals surface area contributed by atoms with E-state index in [1.165, 1.54) is 0 Å². The molecule has 0 spiro atoms. The Morgan fingerprint density at radius 1 is 0.699 bits per heavy atom. The van der Waals surface area contributed by atoms with E-state index >= 15 is 0 Å². The highest BCUT2D eigenvalue weighted by Gasteiger charge is 2.38. The lowest BCUT2D eigenvalue weighted by atomic mass is 10.0. The number of likely N-dealkylation sites (tertiary alicyclic amines) is 1. The van der Waals surface area contributed by atoms with Crippen molar-refractivity contribution in [1.29, 1.82) is 0 Å². The zero-order valence-electron chi connectivity index (χ0n) is 42.5. The molecule has 11 rings (SSSR count). The Morgan fingerprint density at radius 2 is 1.22 bits per heavy atom. The van der Waals surface area contributed by atoms with Crippen LogP contribution in [0.3, 0.4) is 0 Å². The van der Waals surface area contributed by atoms with Crippen LogP contribution in [0.1, 0.15) is 84.1 Å². The third kappa shape index (κ3) is 11.8. The number of fused-ring (bicyclic) bond motifs is 2. The average Bonchev–Trinajstić information content (AvgIpc) is 4.26. The molecule has 384 valence electrons. The molecule has 3 saturated heterocycles. The average molecular weight is 1030 g/mol. The maximum Gasteiger partial charge on any atom is 0.254 e. The lowest BCUT2D eigenvalue weighted by molar-refractivity contribution is -0.0445. The Hall–Kier alpha value is -6.24. The smallest absolute Gasteiger partial charge is 0.254 e. The maximum absolute atomic E-state index is 14.2. The molecule has 6 aromatic rings. The fourth-order valence-corrected chi connectivity index (χ4v) is 11.7. The van der Waals surface area contributed by atoms with E-state index in [-0.39, 0.29) is 17.9 Å². The number of carbonyl (C=O) groups excluding carboxylic acids is 2. The van der Waals surface area contributed by atoms with Gasteiger partial charge in [-0.3, -0.25) is 14.5 Å². The molecule has 4 aromatic carbocycles. The first-order valence-electron chi connectivity index (χ1n) is 25.3. The van der Waals surface area contributed by atoms with Crippen LogP contribution in [0.2, 0.25) is 0 Å². The topological polar surface area (TPSA) is 149 Å². The third-order valence-corrected chi connectivity index (χ3v) is 15.4. The number of nitrogens with one attached hydrogen (secondary N) is 2. The highest BCUT2D eigenvalue weighted by Crippen LogP contribution is 2.48. The van der Waals surface area contributed by atoms with Crippen molar-refractivity contribution in [2.45, 2.75) is 90.1 Å². The number of carbonyl (C=O) groups is 2. The van der Waals surface area contributed by atoms with Gasteiger partial charge < -0.3 is 48.9 Å². The molecular weight excluding hydrogens is 963 g/mol. The second kappa shape index (κ2) is 21.7. The third-order valence-electron chi connectivity index (χ3n) is 13.7. The molecule has 5 aliphatic rings. The fourth-order valence-electron chi connectivity index (χ4n) is 10.1. The van der Waals surface area contributed by atoms with E-state index in [9.17, 15) is 9.59 Å². The first-order valence-corrected chi connectivity index (χ1v) is 27.0. The minimum absolute atomic E-state index is 0.0574. The standard InChI is InChI=1S/C30H36N4O4S.C26H29N3O4S/c1-30(2)37-26-13-22(12-25(36-3)28(26)38-30)29(35)34(17-23-10-7-11-33(23)16-20-14-31-15-20)18-27-32-24(19-39-27)21-8-5-4-6-9-21;1-26(2)32-22-13-18(12-21(31-3)24(22)33-26)25(30)29(14-19-10-7-11-27-19)15-23-28-20(16-34-23)17-8-5-4-6-9-17/h4-6,8-9,12-13,19-20,23,31H,7,10-11,14-18H2,1-3H3;4-6,8-9,12-13,16,19,27H,7,10-11,14-15H2,1-3H3. The number of hydrogen-bond acceptors (Lipinski definition) is 15. The van der Waals surface area contributed by atoms with Crippen molar-refractivity contribution in [1.82, 2.24) is 35.3 Å². The van der Waals surface area contributed by atoms with Crippen molar-refractivity contribution in [2.75, 3.05) is 60.0 Å². The number of benzene rings is 4. The Balaban J connectivity index is 0.000000169. The Kier molecular flexibility index (Phi) is 14.9. The molecule has 3 fully saturated rings. The molecule has 2 aromatic heterocycles. The van der Waals surface area contributed by atoms with E-state index in [1.54, 1.807) is 61.2 Å². The second-order valence-corrected chi connectivity index (χ2v) is 22.1. The lowest BCUT2D eigenvalue weighted by Gasteiger charge is -2.36. The molecule has 2 amide bonds. The van der Waals surface area contributed by atoms with Gasteiger partial charge in [-0.15, -0.1) is 22.7 Å². The zero-order valence-corrected chi connectivity index (χ0v) is 44.1. The van der Waals surface area contributed by atoms with Crippen molar-refractivity contribution in [3.05, 3.63) is 117 Å². The molecular formula is C56H65N7O8S2. The van der Waals surface area contributed by atoms with Gasteiger partial charge in [0, 0.05) is 106 Å². The molecule has 2 N–H and O–H groups in total. The number of ether oxygens (including phenoxy) is 6. The van der Waals surface area contributed by atoms with Gasteiger partial charge in [0.25, 0.3) is 11.8 Å². The Morgan fingerprint density at radius 3 is 1.68 bits per heavy atom.